The predicted molar refractivity (Wildman–Crippen MR) is 118 cm³/mol. The number of aliphatic carboxylic acids is 1. The molecular weight excluding hydrogens is 442 g/mol. The van der Waals surface area contributed by atoms with Crippen molar-refractivity contribution in [3.63, 3.8) is 0 Å². The number of nitrogens with one attached hydrogen (secondary N) is 2. The van der Waals surface area contributed by atoms with Gasteiger partial charge >= 0.3 is 5.97 Å². The Labute approximate surface area is 189 Å². The van der Waals surface area contributed by atoms with Crippen molar-refractivity contribution in [1.29, 1.82) is 0 Å². The van der Waals surface area contributed by atoms with Crippen LogP contribution in [0.15, 0.2) is 36.4 Å². The van der Waals surface area contributed by atoms with Crippen LogP contribution in [0.1, 0.15) is 44.2 Å². The van der Waals surface area contributed by atoms with Gasteiger partial charge in [-0.1, -0.05) is 50.0 Å². The largest absolute Gasteiger partial charge is 0.480 e. The van der Waals surface area contributed by atoms with Gasteiger partial charge in [0.2, 0.25) is 5.91 Å². The summed E-state index contributed by atoms with van der Waals surface area (Å²) in [5.41, 5.74) is 0.0687. The van der Waals surface area contributed by atoms with E-state index < -0.39 is 35.2 Å². The fraction of sp³-hybridized carbons (Fsp3) is 0.391. The summed E-state index contributed by atoms with van der Waals surface area (Å²) in [5, 5.41) is 16.8. The first-order valence-corrected chi connectivity index (χ1v) is 10.8. The standard InChI is InChI=1S/C23H23Cl2FN2O3/c1-22(2,3)10-17-23(15-5-4-12(24)9-16(15)27-21(23)31)18(19(28-17)20(29)30)11-6-13(25)8-14(26)7-11/h4-9,17-19,28H,10H2,1-3H3,(H,27,31)(H,29,30)/t17-,18-,19+,23?/m1/s1. The van der Waals surface area contributed by atoms with Gasteiger partial charge in [0.05, 0.1) is 0 Å². The van der Waals surface area contributed by atoms with Crippen LogP contribution in [-0.2, 0) is 15.0 Å². The summed E-state index contributed by atoms with van der Waals surface area (Å²) >= 11 is 12.3. The lowest BCUT2D eigenvalue weighted by Gasteiger charge is -2.37. The van der Waals surface area contributed by atoms with E-state index in [0.29, 0.717) is 28.3 Å². The first-order chi connectivity index (χ1) is 14.4. The maximum atomic E-state index is 14.3. The van der Waals surface area contributed by atoms with Crippen molar-refractivity contribution in [3.8, 4) is 0 Å². The zero-order valence-electron chi connectivity index (χ0n) is 17.3. The number of benzene rings is 2. The minimum absolute atomic E-state index is 0.142. The van der Waals surface area contributed by atoms with Gasteiger partial charge in [-0.25, -0.2) is 4.39 Å². The smallest absolute Gasteiger partial charge is 0.321 e. The molecule has 5 nitrogen and oxygen atoms in total. The van der Waals surface area contributed by atoms with Crippen LogP contribution in [0.5, 0.6) is 0 Å². The Hall–Kier alpha value is -2.15. The molecule has 0 saturated carbocycles. The van der Waals surface area contributed by atoms with E-state index in [4.69, 9.17) is 23.2 Å². The Bertz CT molecular complexity index is 1060. The van der Waals surface area contributed by atoms with E-state index >= 15 is 0 Å². The van der Waals surface area contributed by atoms with Gasteiger partial charge in [0, 0.05) is 27.7 Å². The first-order valence-electron chi connectivity index (χ1n) is 10.00. The summed E-state index contributed by atoms with van der Waals surface area (Å²) in [6.07, 6.45) is 0.520. The summed E-state index contributed by atoms with van der Waals surface area (Å²) < 4.78 is 14.3. The third kappa shape index (κ3) is 3.60. The van der Waals surface area contributed by atoms with Crippen LogP contribution in [0.4, 0.5) is 10.1 Å². The van der Waals surface area contributed by atoms with E-state index in [-0.39, 0.29) is 16.3 Å². The zero-order chi connectivity index (χ0) is 22.7. The van der Waals surface area contributed by atoms with Crippen molar-refractivity contribution < 1.29 is 19.1 Å². The second-order valence-electron chi connectivity index (χ2n) is 9.49. The molecule has 31 heavy (non-hydrogen) atoms. The molecule has 2 aromatic rings. The van der Waals surface area contributed by atoms with E-state index in [9.17, 15) is 19.1 Å². The lowest BCUT2D eigenvalue weighted by molar-refractivity contribution is -0.139. The van der Waals surface area contributed by atoms with E-state index in [2.05, 4.69) is 10.6 Å². The molecule has 4 rings (SSSR count). The third-order valence-corrected chi connectivity index (χ3v) is 6.59. The minimum atomic E-state index is -1.27. The molecule has 1 spiro atoms. The molecular formula is C23H23Cl2FN2O3. The molecule has 2 aromatic carbocycles. The lowest BCUT2D eigenvalue weighted by Crippen LogP contribution is -2.49. The summed E-state index contributed by atoms with van der Waals surface area (Å²) in [5.74, 6) is -2.92. The number of anilines is 1. The number of fused-ring (bicyclic) bond motifs is 2. The molecule has 1 saturated heterocycles. The van der Waals surface area contributed by atoms with Gasteiger partial charge in [-0.05, 0) is 53.3 Å². The van der Waals surface area contributed by atoms with Gasteiger partial charge < -0.3 is 10.4 Å². The fourth-order valence-corrected chi connectivity index (χ4v) is 5.57. The van der Waals surface area contributed by atoms with E-state index in [1.54, 1.807) is 18.2 Å². The van der Waals surface area contributed by atoms with Crippen LogP contribution in [0.3, 0.4) is 0 Å². The Morgan fingerprint density at radius 1 is 1.16 bits per heavy atom. The van der Waals surface area contributed by atoms with Crippen LogP contribution in [-0.4, -0.2) is 29.1 Å². The molecule has 8 heteroatoms. The monoisotopic (exact) mass is 464 g/mol. The van der Waals surface area contributed by atoms with Gasteiger partial charge in [-0.15, -0.1) is 0 Å². The van der Waals surface area contributed by atoms with Crippen LogP contribution in [0, 0.1) is 11.2 Å². The van der Waals surface area contributed by atoms with Crippen molar-refractivity contribution in [3.05, 3.63) is 63.4 Å². The molecule has 4 atom stereocenters. The van der Waals surface area contributed by atoms with Crippen molar-refractivity contribution in [2.45, 2.75) is 50.6 Å². The number of amides is 1. The maximum Gasteiger partial charge on any atom is 0.321 e. The topological polar surface area (TPSA) is 78.4 Å². The second-order valence-corrected chi connectivity index (χ2v) is 10.4. The van der Waals surface area contributed by atoms with Gasteiger partial charge in [0.25, 0.3) is 0 Å². The van der Waals surface area contributed by atoms with Crippen LogP contribution in [0.25, 0.3) is 0 Å². The number of carboxylic acids is 1. The van der Waals surface area contributed by atoms with E-state index in [0.717, 1.165) is 6.07 Å². The van der Waals surface area contributed by atoms with Crippen molar-refractivity contribution in [2.75, 3.05) is 5.32 Å². The third-order valence-electron chi connectivity index (χ3n) is 6.13. The molecule has 164 valence electrons. The number of carbonyl (C=O) groups excluding carboxylic acids is 1. The van der Waals surface area contributed by atoms with Crippen molar-refractivity contribution >= 4 is 40.8 Å². The average molecular weight is 465 g/mol. The van der Waals surface area contributed by atoms with Gasteiger partial charge in [0.1, 0.15) is 17.3 Å². The molecule has 1 amide bonds. The average Bonchev–Trinajstić information content (AvgIpc) is 3.09. The number of carbonyl (C=O) groups is 2. The molecule has 0 aromatic heterocycles. The Morgan fingerprint density at radius 3 is 2.48 bits per heavy atom. The summed E-state index contributed by atoms with van der Waals surface area (Å²) in [6.45, 7) is 6.08. The minimum Gasteiger partial charge on any atom is -0.480 e. The van der Waals surface area contributed by atoms with Crippen LogP contribution >= 0.6 is 23.2 Å². The molecule has 2 heterocycles. The maximum absolute atomic E-state index is 14.3. The summed E-state index contributed by atoms with van der Waals surface area (Å²) in [6, 6.07) is 7.42. The van der Waals surface area contributed by atoms with E-state index in [1.165, 1.54) is 12.1 Å². The summed E-state index contributed by atoms with van der Waals surface area (Å²) in [4.78, 5) is 26.0. The van der Waals surface area contributed by atoms with Crippen LogP contribution < -0.4 is 10.6 Å². The molecule has 2 aliphatic heterocycles. The number of rotatable bonds is 3. The highest BCUT2D eigenvalue weighted by Gasteiger charge is 2.65. The number of carboxylic acid groups (broad SMARTS) is 1. The molecule has 0 aliphatic carbocycles. The van der Waals surface area contributed by atoms with Crippen molar-refractivity contribution in [2.24, 2.45) is 5.41 Å². The fourth-order valence-electron chi connectivity index (χ4n) is 5.16. The molecule has 0 radical (unpaired) electrons. The van der Waals surface area contributed by atoms with Crippen molar-refractivity contribution in [1.82, 2.24) is 5.32 Å². The van der Waals surface area contributed by atoms with Gasteiger partial charge in [-0.2, -0.15) is 0 Å². The quantitative estimate of drug-likeness (QED) is 0.599. The molecule has 3 N–H and O–H groups in total. The van der Waals surface area contributed by atoms with Gasteiger partial charge in [0.15, 0.2) is 0 Å². The van der Waals surface area contributed by atoms with Gasteiger partial charge in [-0.3, -0.25) is 14.9 Å². The van der Waals surface area contributed by atoms with Crippen LogP contribution in [0.2, 0.25) is 10.0 Å². The highest BCUT2D eigenvalue weighted by atomic mass is 35.5. The second kappa shape index (κ2) is 7.47. The molecule has 0 bridgehead atoms. The Balaban J connectivity index is 2.02. The zero-order valence-corrected chi connectivity index (χ0v) is 18.8. The first kappa shape index (κ1) is 22.1. The predicted octanol–water partition coefficient (Wildman–Crippen LogP) is 4.97. The van der Waals surface area contributed by atoms with E-state index in [1.807, 2.05) is 20.8 Å². The molecule has 1 unspecified atom stereocenters. The number of halogens is 3. The normalized spacial score (nSPS) is 27.4. The molecule has 2 aliphatic rings. The Kier molecular flexibility index (Phi) is 5.31. The number of hydrogen-bond acceptors (Lipinski definition) is 3. The number of hydrogen-bond donors (Lipinski definition) is 3. The molecule has 1 fully saturated rings. The highest BCUT2D eigenvalue weighted by Crippen LogP contribution is 2.56. The lowest BCUT2D eigenvalue weighted by atomic mass is 9.62. The SMILES string of the molecule is CC(C)(C)C[C@H]1N[C@H](C(=O)O)[C@@H](c2cc(F)cc(Cl)c2)C12C(=O)Nc1cc(Cl)ccc12. The summed E-state index contributed by atoms with van der Waals surface area (Å²) in [7, 11) is 0. The highest BCUT2D eigenvalue weighted by molar-refractivity contribution is 6.31. The Morgan fingerprint density at radius 2 is 1.87 bits per heavy atom.